The lowest BCUT2D eigenvalue weighted by atomic mass is 9.98. The van der Waals surface area contributed by atoms with Gasteiger partial charge in [0.1, 0.15) is 5.65 Å². The smallest absolute Gasteiger partial charge is 0.137 e. The topological polar surface area (TPSA) is 43.3 Å². The molecule has 2 aromatic heterocycles. The van der Waals surface area contributed by atoms with Crippen molar-refractivity contribution in [3.05, 3.63) is 58.9 Å². The number of aromatic nitrogens is 2. The molecule has 2 heterocycles. The molecule has 0 unspecified atom stereocenters. The van der Waals surface area contributed by atoms with Gasteiger partial charge in [0.15, 0.2) is 0 Å². The van der Waals surface area contributed by atoms with Crippen LogP contribution in [0, 0.1) is 20.8 Å². The van der Waals surface area contributed by atoms with Crippen molar-refractivity contribution in [2.24, 2.45) is 5.73 Å². The van der Waals surface area contributed by atoms with E-state index in [0.29, 0.717) is 6.54 Å². The lowest BCUT2D eigenvalue weighted by molar-refractivity contribution is 1.05. The van der Waals surface area contributed by atoms with Crippen LogP contribution in [-0.2, 0) is 6.54 Å². The summed E-state index contributed by atoms with van der Waals surface area (Å²) in [5.74, 6) is 0. The average Bonchev–Trinajstić information content (AvgIpc) is 2.79. The van der Waals surface area contributed by atoms with Gasteiger partial charge in [0.2, 0.25) is 0 Å². The Balaban J connectivity index is 2.20. The van der Waals surface area contributed by atoms with Crippen LogP contribution < -0.4 is 5.73 Å². The number of aryl methyl sites for hydroxylation is 3. The molecule has 0 radical (unpaired) electrons. The van der Waals surface area contributed by atoms with Crippen molar-refractivity contribution in [3.63, 3.8) is 0 Å². The second-order valence-electron chi connectivity index (χ2n) is 5.40. The number of imidazole rings is 1. The fourth-order valence-electron chi connectivity index (χ4n) is 2.86. The molecule has 0 spiro atoms. The van der Waals surface area contributed by atoms with E-state index in [-0.39, 0.29) is 0 Å². The summed E-state index contributed by atoms with van der Waals surface area (Å²) in [5.41, 5.74) is 13.8. The molecule has 0 saturated heterocycles. The van der Waals surface area contributed by atoms with Crippen LogP contribution in [0.3, 0.4) is 0 Å². The molecule has 3 rings (SSSR count). The van der Waals surface area contributed by atoms with Crippen molar-refractivity contribution in [2.45, 2.75) is 27.3 Å². The second kappa shape index (κ2) is 4.76. The van der Waals surface area contributed by atoms with Gasteiger partial charge in [-0.2, -0.15) is 0 Å². The maximum atomic E-state index is 5.69. The highest BCUT2D eigenvalue weighted by Gasteiger charge is 2.10. The van der Waals surface area contributed by atoms with Crippen molar-refractivity contribution in [3.8, 4) is 11.3 Å². The van der Waals surface area contributed by atoms with Gasteiger partial charge in [-0.05, 0) is 49.6 Å². The van der Waals surface area contributed by atoms with Crippen molar-refractivity contribution >= 4 is 5.65 Å². The Hall–Kier alpha value is -2.13. The molecule has 3 aromatic rings. The Morgan fingerprint density at radius 3 is 2.45 bits per heavy atom. The van der Waals surface area contributed by atoms with Gasteiger partial charge < -0.3 is 10.1 Å². The molecule has 1 aromatic carbocycles. The fraction of sp³-hybridized carbons (Fsp3) is 0.235. The van der Waals surface area contributed by atoms with Crippen molar-refractivity contribution in [2.75, 3.05) is 0 Å². The summed E-state index contributed by atoms with van der Waals surface area (Å²) in [6.07, 6.45) is 4.10. The molecular weight excluding hydrogens is 246 g/mol. The molecule has 0 aliphatic rings. The zero-order chi connectivity index (χ0) is 14.3. The van der Waals surface area contributed by atoms with E-state index in [1.165, 1.54) is 22.3 Å². The third-order valence-corrected chi connectivity index (χ3v) is 3.69. The summed E-state index contributed by atoms with van der Waals surface area (Å²) in [7, 11) is 0. The van der Waals surface area contributed by atoms with E-state index in [4.69, 9.17) is 10.7 Å². The van der Waals surface area contributed by atoms with E-state index in [0.717, 1.165) is 16.9 Å². The van der Waals surface area contributed by atoms with Gasteiger partial charge >= 0.3 is 0 Å². The zero-order valence-electron chi connectivity index (χ0n) is 12.1. The highest BCUT2D eigenvalue weighted by atomic mass is 15.0. The van der Waals surface area contributed by atoms with E-state index in [9.17, 15) is 0 Å². The third kappa shape index (κ3) is 2.10. The largest absolute Gasteiger partial charge is 0.326 e. The first-order valence-corrected chi connectivity index (χ1v) is 6.84. The zero-order valence-corrected chi connectivity index (χ0v) is 12.1. The lowest BCUT2D eigenvalue weighted by Crippen LogP contribution is -1.96. The van der Waals surface area contributed by atoms with Crippen LogP contribution in [0.4, 0.5) is 0 Å². The van der Waals surface area contributed by atoms with Gasteiger partial charge in [-0.15, -0.1) is 0 Å². The highest BCUT2D eigenvalue weighted by Crippen LogP contribution is 2.28. The minimum absolute atomic E-state index is 0.543. The summed E-state index contributed by atoms with van der Waals surface area (Å²) in [5, 5.41) is 0. The van der Waals surface area contributed by atoms with Crippen LogP contribution in [0.2, 0.25) is 0 Å². The molecule has 102 valence electrons. The maximum Gasteiger partial charge on any atom is 0.137 e. The number of nitrogens with zero attached hydrogens (tertiary/aromatic N) is 2. The predicted molar refractivity (Wildman–Crippen MR) is 82.7 cm³/mol. The van der Waals surface area contributed by atoms with Gasteiger partial charge in [0.25, 0.3) is 0 Å². The summed E-state index contributed by atoms with van der Waals surface area (Å²) in [6, 6.07) is 8.49. The Morgan fingerprint density at radius 2 is 1.80 bits per heavy atom. The van der Waals surface area contributed by atoms with Gasteiger partial charge in [-0.3, -0.25) is 0 Å². The average molecular weight is 265 g/mol. The maximum absolute atomic E-state index is 5.69. The molecule has 0 saturated carbocycles. The molecule has 0 aliphatic carbocycles. The number of fused-ring (bicyclic) bond motifs is 1. The summed E-state index contributed by atoms with van der Waals surface area (Å²) in [6.45, 7) is 6.96. The molecule has 3 heteroatoms. The standard InChI is InChI=1S/C17H19N3/c1-11-6-12(2)17(13(3)7-11)15-10-20-5-4-14(9-18)8-16(20)19-15/h4-8,10H,9,18H2,1-3H3. The molecule has 0 fully saturated rings. The first kappa shape index (κ1) is 12.9. The van der Waals surface area contributed by atoms with Crippen LogP contribution in [0.25, 0.3) is 16.9 Å². The minimum atomic E-state index is 0.543. The minimum Gasteiger partial charge on any atom is -0.326 e. The summed E-state index contributed by atoms with van der Waals surface area (Å²) >= 11 is 0. The Morgan fingerprint density at radius 1 is 1.10 bits per heavy atom. The van der Waals surface area contributed by atoms with Crippen LogP contribution in [0.5, 0.6) is 0 Å². The summed E-state index contributed by atoms with van der Waals surface area (Å²) in [4.78, 5) is 4.75. The number of nitrogens with two attached hydrogens (primary N) is 1. The Bertz CT molecular complexity index is 761. The molecule has 0 bridgehead atoms. The van der Waals surface area contributed by atoms with Gasteiger partial charge in [0.05, 0.1) is 5.69 Å². The van der Waals surface area contributed by atoms with E-state index in [2.05, 4.69) is 39.1 Å². The number of rotatable bonds is 2. The van der Waals surface area contributed by atoms with Crippen LogP contribution in [-0.4, -0.2) is 9.38 Å². The lowest BCUT2D eigenvalue weighted by Gasteiger charge is -2.08. The molecule has 0 atom stereocenters. The first-order valence-electron chi connectivity index (χ1n) is 6.84. The van der Waals surface area contributed by atoms with Crippen LogP contribution in [0.15, 0.2) is 36.7 Å². The normalized spacial score (nSPS) is 11.2. The molecule has 0 aliphatic heterocycles. The van der Waals surface area contributed by atoms with Crippen LogP contribution in [0.1, 0.15) is 22.3 Å². The number of benzene rings is 1. The second-order valence-corrected chi connectivity index (χ2v) is 5.40. The Kier molecular flexibility index (Phi) is 3.07. The SMILES string of the molecule is Cc1cc(C)c(-c2cn3ccc(CN)cc3n2)c(C)c1. The van der Waals surface area contributed by atoms with E-state index >= 15 is 0 Å². The van der Waals surface area contributed by atoms with E-state index < -0.39 is 0 Å². The molecule has 3 nitrogen and oxygen atoms in total. The molecule has 0 amide bonds. The molecule has 2 N–H and O–H groups in total. The summed E-state index contributed by atoms with van der Waals surface area (Å²) < 4.78 is 2.05. The third-order valence-electron chi connectivity index (χ3n) is 3.69. The number of hydrogen-bond donors (Lipinski definition) is 1. The van der Waals surface area contributed by atoms with Crippen molar-refractivity contribution in [1.82, 2.24) is 9.38 Å². The molecule has 20 heavy (non-hydrogen) atoms. The highest BCUT2D eigenvalue weighted by molar-refractivity contribution is 5.70. The van der Waals surface area contributed by atoms with Gasteiger partial charge in [-0.1, -0.05) is 17.7 Å². The monoisotopic (exact) mass is 265 g/mol. The first-order chi connectivity index (χ1) is 9.58. The Labute approximate surface area is 119 Å². The van der Waals surface area contributed by atoms with E-state index in [1.54, 1.807) is 0 Å². The van der Waals surface area contributed by atoms with Gasteiger partial charge in [0, 0.05) is 24.5 Å². The van der Waals surface area contributed by atoms with Crippen LogP contribution >= 0.6 is 0 Å². The van der Waals surface area contributed by atoms with Crippen molar-refractivity contribution in [1.29, 1.82) is 0 Å². The quantitative estimate of drug-likeness (QED) is 0.772. The van der Waals surface area contributed by atoms with E-state index in [1.807, 2.05) is 22.7 Å². The predicted octanol–water partition coefficient (Wildman–Crippen LogP) is 3.39. The van der Waals surface area contributed by atoms with Crippen molar-refractivity contribution < 1.29 is 0 Å². The fourth-order valence-corrected chi connectivity index (χ4v) is 2.86. The number of pyridine rings is 1. The van der Waals surface area contributed by atoms with Gasteiger partial charge in [-0.25, -0.2) is 4.98 Å². The molecular formula is C17H19N3. The number of hydrogen-bond acceptors (Lipinski definition) is 2.